The number of phosphoric ester groups is 1. The highest BCUT2D eigenvalue weighted by Gasteiger charge is 2.28. The molecular weight excluding hydrogens is 575 g/mol. The summed E-state index contributed by atoms with van der Waals surface area (Å²) in [6, 6.07) is -0.748. The minimum absolute atomic E-state index is 0.0773. The Hall–Kier alpha value is -0.500. The summed E-state index contributed by atoms with van der Waals surface area (Å²) in [5, 5.41) is 13.7. The normalized spacial score (nSPS) is 14.8. The average Bonchev–Trinajstić information content (AvgIpc) is 2.95. The molecule has 0 fully saturated rings. The highest BCUT2D eigenvalue weighted by atomic mass is 31.2. The monoisotopic (exact) mass is 650 g/mol. The van der Waals surface area contributed by atoms with Crippen LogP contribution in [0.15, 0.2) is 0 Å². The summed E-state index contributed by atoms with van der Waals surface area (Å²) in [7, 11) is 1.62. The van der Waals surface area contributed by atoms with Crippen LogP contribution in [0, 0.1) is 0 Å². The van der Waals surface area contributed by atoms with Crippen LogP contribution in [0.25, 0.3) is 0 Å². The molecule has 0 aliphatic heterocycles. The lowest BCUT2D eigenvalue weighted by atomic mass is 10.0. The highest BCUT2D eigenvalue weighted by Crippen LogP contribution is 2.43. The van der Waals surface area contributed by atoms with Gasteiger partial charge in [0.1, 0.15) is 13.2 Å². The van der Waals surface area contributed by atoms with Crippen LogP contribution in [-0.4, -0.2) is 73.4 Å². The van der Waals surface area contributed by atoms with E-state index in [0.29, 0.717) is 23.9 Å². The molecule has 8 nitrogen and oxygen atoms in total. The number of aliphatic hydroxyl groups excluding tert-OH is 1. The van der Waals surface area contributed by atoms with E-state index in [1.54, 1.807) is 0 Å². The van der Waals surface area contributed by atoms with Crippen LogP contribution >= 0.6 is 7.82 Å². The minimum Gasteiger partial charge on any atom is -0.391 e. The fourth-order valence-electron chi connectivity index (χ4n) is 5.34. The average molecular weight is 650 g/mol. The molecule has 44 heavy (non-hydrogen) atoms. The Morgan fingerprint density at radius 3 is 1.52 bits per heavy atom. The van der Waals surface area contributed by atoms with Crippen LogP contribution in [0.5, 0.6) is 0 Å². The Labute approximate surface area is 272 Å². The van der Waals surface area contributed by atoms with Gasteiger partial charge in [-0.15, -0.1) is 0 Å². The SMILES string of the molecule is CCCCCCCCCCCCCCCCCCC(=O)NC(COP(=O)(O)OCC[N+](C)(C)C)C(O)CCCCCCCC. The topological polar surface area (TPSA) is 105 Å². The second-order valence-corrected chi connectivity index (χ2v) is 15.4. The molecule has 0 spiro atoms. The molecule has 0 saturated carbocycles. The third-order valence-corrected chi connectivity index (χ3v) is 9.34. The van der Waals surface area contributed by atoms with Gasteiger partial charge < -0.3 is 19.8 Å². The van der Waals surface area contributed by atoms with E-state index in [2.05, 4.69) is 19.2 Å². The van der Waals surface area contributed by atoms with Crippen LogP contribution in [-0.2, 0) is 18.4 Å². The summed E-state index contributed by atoms with van der Waals surface area (Å²) in [5.41, 5.74) is 0. The zero-order valence-electron chi connectivity index (χ0n) is 29.7. The minimum atomic E-state index is -4.29. The van der Waals surface area contributed by atoms with E-state index >= 15 is 0 Å². The number of hydrogen-bond acceptors (Lipinski definition) is 5. The molecule has 0 rings (SSSR count). The number of unbranched alkanes of at least 4 members (excludes halogenated alkanes) is 20. The lowest BCUT2D eigenvalue weighted by molar-refractivity contribution is -0.870. The van der Waals surface area contributed by atoms with Crippen molar-refractivity contribution in [1.82, 2.24) is 5.32 Å². The van der Waals surface area contributed by atoms with Gasteiger partial charge >= 0.3 is 7.82 Å². The Balaban J connectivity index is 4.27. The number of carbonyl (C=O) groups excluding carboxylic acids is 1. The number of nitrogens with zero attached hydrogens (tertiary/aromatic N) is 1. The van der Waals surface area contributed by atoms with Gasteiger partial charge in [-0.05, 0) is 12.8 Å². The quantitative estimate of drug-likeness (QED) is 0.0372. The van der Waals surface area contributed by atoms with E-state index in [-0.39, 0.29) is 19.1 Å². The van der Waals surface area contributed by atoms with Crippen molar-refractivity contribution in [2.75, 3.05) is 40.9 Å². The van der Waals surface area contributed by atoms with Crippen LogP contribution in [0.1, 0.15) is 168 Å². The molecule has 0 aliphatic rings. The smallest absolute Gasteiger partial charge is 0.391 e. The van der Waals surface area contributed by atoms with Gasteiger partial charge in [-0.25, -0.2) is 4.57 Å². The molecule has 1 amide bonds. The third kappa shape index (κ3) is 30.2. The molecule has 9 heteroatoms. The van der Waals surface area contributed by atoms with Crippen molar-refractivity contribution in [3.05, 3.63) is 0 Å². The van der Waals surface area contributed by atoms with Crippen molar-refractivity contribution >= 4 is 13.7 Å². The maximum atomic E-state index is 12.7. The van der Waals surface area contributed by atoms with Crippen molar-refractivity contribution in [1.29, 1.82) is 0 Å². The second kappa shape index (κ2) is 28.7. The largest absolute Gasteiger partial charge is 0.472 e. The number of quaternary nitrogens is 1. The number of rotatable bonds is 33. The van der Waals surface area contributed by atoms with Gasteiger partial charge in [0.2, 0.25) is 5.91 Å². The highest BCUT2D eigenvalue weighted by molar-refractivity contribution is 7.47. The predicted octanol–water partition coefficient (Wildman–Crippen LogP) is 9.07. The number of aliphatic hydroxyl groups is 1. The molecule has 0 aromatic carbocycles. The summed E-state index contributed by atoms with van der Waals surface area (Å²) >= 11 is 0. The number of carbonyl (C=O) groups is 1. The number of nitrogens with one attached hydrogen (secondary N) is 1. The number of amides is 1. The van der Waals surface area contributed by atoms with Gasteiger partial charge in [0.25, 0.3) is 0 Å². The summed E-state index contributed by atoms with van der Waals surface area (Å²) < 4.78 is 23.4. The lowest BCUT2D eigenvalue weighted by Crippen LogP contribution is -2.46. The Bertz CT molecular complexity index is 703. The van der Waals surface area contributed by atoms with E-state index in [1.807, 2.05) is 21.1 Å². The van der Waals surface area contributed by atoms with Gasteiger partial charge in [-0.3, -0.25) is 13.8 Å². The maximum absolute atomic E-state index is 12.7. The first-order valence-corrected chi connectivity index (χ1v) is 19.9. The first-order valence-electron chi connectivity index (χ1n) is 18.4. The summed E-state index contributed by atoms with van der Waals surface area (Å²) in [6.45, 7) is 4.81. The van der Waals surface area contributed by atoms with Crippen LogP contribution in [0.4, 0.5) is 0 Å². The molecular formula is C35H74N2O6P+. The van der Waals surface area contributed by atoms with Crippen LogP contribution in [0.3, 0.4) is 0 Å². The lowest BCUT2D eigenvalue weighted by Gasteiger charge is -2.26. The Morgan fingerprint density at radius 2 is 1.09 bits per heavy atom. The van der Waals surface area contributed by atoms with Crippen molar-refractivity contribution in [3.63, 3.8) is 0 Å². The van der Waals surface area contributed by atoms with Gasteiger partial charge in [0.15, 0.2) is 0 Å². The Morgan fingerprint density at radius 1 is 0.682 bits per heavy atom. The fourth-order valence-corrected chi connectivity index (χ4v) is 6.07. The van der Waals surface area contributed by atoms with Gasteiger partial charge in [-0.1, -0.05) is 149 Å². The molecule has 3 atom stereocenters. The third-order valence-electron chi connectivity index (χ3n) is 8.36. The van der Waals surface area contributed by atoms with E-state index in [4.69, 9.17) is 9.05 Å². The molecule has 3 N–H and O–H groups in total. The summed E-state index contributed by atoms with van der Waals surface area (Å²) in [4.78, 5) is 22.9. The van der Waals surface area contributed by atoms with Crippen LogP contribution < -0.4 is 5.32 Å². The van der Waals surface area contributed by atoms with Crippen molar-refractivity contribution in [2.45, 2.75) is 180 Å². The van der Waals surface area contributed by atoms with Crippen molar-refractivity contribution in [3.8, 4) is 0 Å². The molecule has 0 aromatic heterocycles. The molecule has 0 saturated heterocycles. The first kappa shape index (κ1) is 43.5. The Kier molecular flexibility index (Phi) is 28.4. The molecule has 0 bridgehead atoms. The van der Waals surface area contributed by atoms with Crippen LogP contribution in [0.2, 0.25) is 0 Å². The molecule has 264 valence electrons. The number of hydrogen-bond donors (Lipinski definition) is 3. The number of phosphoric acid groups is 1. The van der Waals surface area contributed by atoms with E-state index in [9.17, 15) is 19.4 Å². The standard InChI is InChI=1S/C35H73N2O6P/c1-6-8-10-12-14-15-16-17-18-19-20-21-22-23-25-27-29-35(39)36-33(34(38)28-26-24-13-11-9-7-2)32-43-44(40,41)42-31-30-37(3,4)5/h33-34,38H,6-32H2,1-5H3,(H-,36,39,40,41)/p+1. The van der Waals surface area contributed by atoms with Crippen molar-refractivity contribution < 1.29 is 32.9 Å². The number of likely N-dealkylation sites (N-methyl/N-ethyl adjacent to an activating group) is 1. The first-order chi connectivity index (χ1) is 21.0. The predicted molar refractivity (Wildman–Crippen MR) is 185 cm³/mol. The molecule has 0 aromatic rings. The van der Waals surface area contributed by atoms with E-state index < -0.39 is 20.0 Å². The van der Waals surface area contributed by atoms with E-state index in [0.717, 1.165) is 38.5 Å². The van der Waals surface area contributed by atoms with Gasteiger partial charge in [-0.2, -0.15) is 0 Å². The molecule has 0 heterocycles. The molecule has 0 radical (unpaired) electrons. The zero-order chi connectivity index (χ0) is 32.9. The second-order valence-electron chi connectivity index (χ2n) is 14.0. The zero-order valence-corrected chi connectivity index (χ0v) is 30.6. The summed E-state index contributed by atoms with van der Waals surface area (Å²) in [6.07, 6.45) is 27.2. The van der Waals surface area contributed by atoms with Gasteiger partial charge in [0.05, 0.1) is 39.9 Å². The van der Waals surface area contributed by atoms with Crippen molar-refractivity contribution in [2.24, 2.45) is 0 Å². The summed E-state index contributed by atoms with van der Waals surface area (Å²) in [5.74, 6) is -0.148. The van der Waals surface area contributed by atoms with Gasteiger partial charge in [0, 0.05) is 6.42 Å². The van der Waals surface area contributed by atoms with E-state index in [1.165, 1.54) is 103 Å². The fraction of sp³-hybridized carbons (Fsp3) is 0.971. The maximum Gasteiger partial charge on any atom is 0.472 e. The molecule has 0 aliphatic carbocycles. The molecule has 3 unspecified atom stereocenters.